The van der Waals surface area contributed by atoms with E-state index in [1.54, 1.807) is 12.1 Å². The molecule has 0 unspecified atom stereocenters. The summed E-state index contributed by atoms with van der Waals surface area (Å²) in [7, 11) is 0. The van der Waals surface area contributed by atoms with E-state index in [-0.39, 0.29) is 17.3 Å². The molecule has 0 aliphatic carbocycles. The first-order valence-corrected chi connectivity index (χ1v) is 6.23. The maximum Gasteiger partial charge on any atom is 0.355 e. The quantitative estimate of drug-likeness (QED) is 0.769. The number of carbonyl (C=O) groups is 1. The van der Waals surface area contributed by atoms with Crippen LogP contribution in [0.1, 0.15) is 10.4 Å². The Kier molecular flexibility index (Phi) is 3.15. The zero-order valence-corrected chi connectivity index (χ0v) is 9.93. The summed E-state index contributed by atoms with van der Waals surface area (Å²) < 4.78 is 26.5. The fraction of sp³-hybridized carbons (Fsp3) is 0.154. The van der Waals surface area contributed by atoms with E-state index in [1.165, 1.54) is 18.4 Å². The van der Waals surface area contributed by atoms with Gasteiger partial charge in [-0.3, -0.25) is 4.79 Å². The molecule has 0 heterocycles. The molecule has 0 aliphatic heterocycles. The van der Waals surface area contributed by atoms with Crippen LogP contribution in [0.4, 0.5) is 8.78 Å². The molecule has 2 rings (SSSR count). The molecule has 0 bridgehead atoms. The molecular formula is C13H10F2OS. The largest absolute Gasteiger partial charge is 0.355 e. The van der Waals surface area contributed by atoms with Crippen LogP contribution in [-0.2, 0) is 0 Å². The number of ketones is 1. The highest BCUT2D eigenvalue weighted by atomic mass is 32.2. The number of halogens is 2. The molecular weight excluding hydrogens is 242 g/mol. The number of fused-ring (bicyclic) bond motifs is 1. The molecule has 0 fully saturated rings. The van der Waals surface area contributed by atoms with E-state index in [0.717, 1.165) is 10.8 Å². The lowest BCUT2D eigenvalue weighted by Gasteiger charge is -2.12. The molecule has 0 amide bonds. The smallest absolute Gasteiger partial charge is 0.286 e. The third kappa shape index (κ3) is 2.31. The van der Waals surface area contributed by atoms with E-state index in [4.69, 9.17) is 0 Å². The average molecular weight is 252 g/mol. The van der Waals surface area contributed by atoms with Gasteiger partial charge in [-0.05, 0) is 23.1 Å². The molecule has 17 heavy (non-hydrogen) atoms. The molecule has 2 aromatic carbocycles. The first-order valence-electron chi connectivity index (χ1n) is 5.01. The summed E-state index contributed by atoms with van der Waals surface area (Å²) in [5.41, 5.74) is 0.0445. The third-order valence-corrected chi connectivity index (χ3v) is 3.23. The monoisotopic (exact) mass is 252 g/mol. The third-order valence-electron chi connectivity index (χ3n) is 2.53. The van der Waals surface area contributed by atoms with Crippen LogP contribution >= 0.6 is 11.8 Å². The molecule has 0 radical (unpaired) electrons. The van der Waals surface area contributed by atoms with Gasteiger partial charge < -0.3 is 0 Å². The zero-order valence-electron chi connectivity index (χ0n) is 9.11. The number of rotatable bonds is 3. The summed E-state index contributed by atoms with van der Waals surface area (Å²) in [4.78, 5) is 11.6. The van der Waals surface area contributed by atoms with Crippen molar-refractivity contribution in [3.8, 4) is 0 Å². The van der Waals surface area contributed by atoms with Gasteiger partial charge in [0.1, 0.15) is 0 Å². The van der Waals surface area contributed by atoms with E-state index in [9.17, 15) is 13.6 Å². The first-order chi connectivity index (χ1) is 8.04. The summed E-state index contributed by atoms with van der Waals surface area (Å²) in [6.45, 7) is 0. The Bertz CT molecular complexity index is 566. The highest BCUT2D eigenvalue weighted by Gasteiger charge is 2.38. The minimum Gasteiger partial charge on any atom is -0.286 e. The molecule has 4 heteroatoms. The van der Waals surface area contributed by atoms with Crippen molar-refractivity contribution >= 4 is 28.3 Å². The maximum absolute atomic E-state index is 13.2. The average Bonchev–Trinajstić information content (AvgIpc) is 2.37. The molecule has 0 aromatic heterocycles. The zero-order chi connectivity index (χ0) is 12.5. The van der Waals surface area contributed by atoms with E-state index in [0.29, 0.717) is 0 Å². The van der Waals surface area contributed by atoms with Gasteiger partial charge in [0.15, 0.2) is 0 Å². The minimum atomic E-state index is -3.36. The van der Waals surface area contributed by atoms with Gasteiger partial charge in [0.05, 0.1) is 0 Å². The van der Waals surface area contributed by atoms with Gasteiger partial charge in [-0.1, -0.05) is 48.2 Å². The highest BCUT2D eigenvalue weighted by Crippen LogP contribution is 2.31. The Labute approximate surface area is 102 Å². The number of carbonyl (C=O) groups excluding carboxylic acids is 1. The van der Waals surface area contributed by atoms with E-state index < -0.39 is 11.0 Å². The Morgan fingerprint density at radius 3 is 2.41 bits per heavy atom. The predicted octanol–water partition coefficient (Wildman–Crippen LogP) is 3.98. The topological polar surface area (TPSA) is 17.1 Å². The molecule has 0 atom stereocenters. The second kappa shape index (κ2) is 4.45. The lowest BCUT2D eigenvalue weighted by molar-refractivity contribution is 0.0568. The molecule has 0 saturated heterocycles. The number of alkyl halides is 2. The van der Waals surface area contributed by atoms with Crippen LogP contribution in [-0.4, -0.2) is 17.3 Å². The van der Waals surface area contributed by atoms with Gasteiger partial charge >= 0.3 is 5.25 Å². The van der Waals surface area contributed by atoms with Gasteiger partial charge in [0, 0.05) is 5.56 Å². The van der Waals surface area contributed by atoms with E-state index in [1.807, 2.05) is 18.2 Å². The molecule has 0 N–H and O–H groups in total. The first kappa shape index (κ1) is 12.0. The number of thioether (sulfide) groups is 1. The minimum absolute atomic E-state index is 0.0445. The normalized spacial score (nSPS) is 11.7. The van der Waals surface area contributed by atoms with Crippen molar-refractivity contribution in [3.05, 3.63) is 48.0 Å². The van der Waals surface area contributed by atoms with Gasteiger partial charge in [-0.25, -0.2) is 0 Å². The number of Topliss-reactive ketones (excluding diaryl/α,β-unsaturated/α-hetero) is 1. The van der Waals surface area contributed by atoms with Crippen molar-refractivity contribution in [2.45, 2.75) is 5.25 Å². The van der Waals surface area contributed by atoms with Crippen LogP contribution < -0.4 is 0 Å². The number of benzene rings is 2. The van der Waals surface area contributed by atoms with Gasteiger partial charge in [-0.15, -0.1) is 0 Å². The standard InChI is InChI=1S/C13H10F2OS/c1-17-13(14,15)12(16)11-7-6-9-4-2-3-5-10(9)8-11/h2-8H,1H3. The van der Waals surface area contributed by atoms with Crippen molar-refractivity contribution in [1.82, 2.24) is 0 Å². The van der Waals surface area contributed by atoms with Crippen LogP contribution in [0.15, 0.2) is 42.5 Å². The second-order valence-electron chi connectivity index (χ2n) is 3.61. The number of hydrogen-bond acceptors (Lipinski definition) is 2. The van der Waals surface area contributed by atoms with E-state index in [2.05, 4.69) is 0 Å². The Morgan fingerprint density at radius 1 is 1.12 bits per heavy atom. The van der Waals surface area contributed by atoms with Crippen LogP contribution in [0, 0.1) is 0 Å². The van der Waals surface area contributed by atoms with Crippen molar-refractivity contribution in [1.29, 1.82) is 0 Å². The van der Waals surface area contributed by atoms with Crippen LogP contribution in [0.3, 0.4) is 0 Å². The van der Waals surface area contributed by atoms with Crippen molar-refractivity contribution in [2.24, 2.45) is 0 Å². The predicted molar refractivity (Wildman–Crippen MR) is 66.7 cm³/mol. The lowest BCUT2D eigenvalue weighted by Crippen LogP contribution is -2.24. The summed E-state index contributed by atoms with van der Waals surface area (Å²) in [5, 5.41) is -1.64. The second-order valence-corrected chi connectivity index (χ2v) is 4.53. The molecule has 2 aromatic rings. The lowest BCUT2D eigenvalue weighted by atomic mass is 10.0. The Morgan fingerprint density at radius 2 is 1.76 bits per heavy atom. The molecule has 0 saturated carbocycles. The molecule has 0 spiro atoms. The highest BCUT2D eigenvalue weighted by molar-refractivity contribution is 8.00. The van der Waals surface area contributed by atoms with Crippen molar-refractivity contribution in [3.63, 3.8) is 0 Å². The summed E-state index contributed by atoms with van der Waals surface area (Å²) in [6, 6.07) is 12.0. The van der Waals surface area contributed by atoms with Crippen molar-refractivity contribution < 1.29 is 13.6 Å². The number of hydrogen-bond donors (Lipinski definition) is 0. The summed E-state index contributed by atoms with van der Waals surface area (Å²) >= 11 is 0.253. The Balaban J connectivity index is 2.47. The molecule has 1 nitrogen and oxygen atoms in total. The van der Waals surface area contributed by atoms with E-state index >= 15 is 0 Å². The SMILES string of the molecule is CSC(F)(F)C(=O)c1ccc2ccccc2c1. The van der Waals surface area contributed by atoms with Crippen molar-refractivity contribution in [2.75, 3.05) is 6.26 Å². The Hall–Kier alpha value is -1.42. The fourth-order valence-electron chi connectivity index (χ4n) is 1.59. The molecule has 88 valence electrons. The fourth-order valence-corrected chi connectivity index (χ4v) is 1.89. The van der Waals surface area contributed by atoms with Gasteiger partial charge in [-0.2, -0.15) is 8.78 Å². The van der Waals surface area contributed by atoms with Crippen LogP contribution in [0.25, 0.3) is 10.8 Å². The van der Waals surface area contributed by atoms with Gasteiger partial charge in [0.2, 0.25) is 5.78 Å². The van der Waals surface area contributed by atoms with Crippen LogP contribution in [0.5, 0.6) is 0 Å². The van der Waals surface area contributed by atoms with Crippen LogP contribution in [0.2, 0.25) is 0 Å². The summed E-state index contributed by atoms with van der Waals surface area (Å²) in [6.07, 6.45) is 1.22. The summed E-state index contributed by atoms with van der Waals surface area (Å²) in [5.74, 6) is -1.14. The molecule has 0 aliphatic rings. The van der Waals surface area contributed by atoms with Gasteiger partial charge in [0.25, 0.3) is 0 Å². The maximum atomic E-state index is 13.2.